The van der Waals surface area contributed by atoms with Crippen LogP contribution in [-0.4, -0.2) is 36.0 Å². The molecule has 1 amide bonds. The van der Waals surface area contributed by atoms with Gasteiger partial charge < -0.3 is 9.64 Å². The Morgan fingerprint density at radius 2 is 1.96 bits per heavy atom. The molecule has 0 aliphatic carbocycles. The third-order valence-electron chi connectivity index (χ3n) is 5.08. The second-order valence-corrected chi connectivity index (χ2v) is 6.70. The lowest BCUT2D eigenvalue weighted by molar-refractivity contribution is -0.122. The maximum Gasteiger partial charge on any atom is 0.244 e. The number of amides is 1. The predicted molar refractivity (Wildman–Crippen MR) is 98.6 cm³/mol. The minimum absolute atomic E-state index is 0.0177. The van der Waals surface area contributed by atoms with E-state index in [0.717, 1.165) is 24.3 Å². The second-order valence-electron chi connectivity index (χ2n) is 6.70. The van der Waals surface area contributed by atoms with Crippen molar-refractivity contribution in [1.82, 2.24) is 4.90 Å². The number of para-hydroxylation sites is 2. The van der Waals surface area contributed by atoms with Crippen LogP contribution in [0.5, 0.6) is 5.75 Å². The average Bonchev–Trinajstić information content (AvgIpc) is 3.19. The van der Waals surface area contributed by atoms with E-state index in [-0.39, 0.29) is 23.8 Å². The Bertz CT molecular complexity index is 838. The highest BCUT2D eigenvalue weighted by atomic mass is 19.1. The summed E-state index contributed by atoms with van der Waals surface area (Å²) in [6, 6.07) is 14.2. The standard InChI is InChI=1S/C21H21FN2O2/c1-2-11-26-20-10-6-3-7-15(20)13-23-14-16-12-19(23)21(25)24(16)18-9-5-4-8-17(18)22/h2-10,16,19H,1,11-14H2/t16-,19-/m0/s1. The van der Waals surface area contributed by atoms with Crippen LogP contribution in [0, 0.1) is 5.82 Å². The second kappa shape index (κ2) is 6.92. The van der Waals surface area contributed by atoms with Gasteiger partial charge in [0, 0.05) is 18.7 Å². The zero-order valence-corrected chi connectivity index (χ0v) is 14.5. The Hall–Kier alpha value is -2.66. The number of benzene rings is 2. The molecule has 5 heteroatoms. The molecule has 134 valence electrons. The van der Waals surface area contributed by atoms with E-state index in [9.17, 15) is 9.18 Å². The molecule has 2 aliphatic heterocycles. The van der Waals surface area contributed by atoms with Gasteiger partial charge in [0.1, 0.15) is 18.2 Å². The van der Waals surface area contributed by atoms with Crippen LogP contribution in [0.4, 0.5) is 10.1 Å². The summed E-state index contributed by atoms with van der Waals surface area (Å²) in [5.74, 6) is 0.451. The van der Waals surface area contributed by atoms with Crippen molar-refractivity contribution >= 4 is 11.6 Å². The largest absolute Gasteiger partial charge is 0.489 e. The topological polar surface area (TPSA) is 32.8 Å². The number of ether oxygens (including phenoxy) is 1. The predicted octanol–water partition coefficient (Wildman–Crippen LogP) is 3.38. The van der Waals surface area contributed by atoms with Crippen LogP contribution in [0.3, 0.4) is 0 Å². The van der Waals surface area contributed by atoms with E-state index < -0.39 is 0 Å². The summed E-state index contributed by atoms with van der Waals surface area (Å²) in [4.78, 5) is 16.7. The Balaban J connectivity index is 1.51. The van der Waals surface area contributed by atoms with E-state index in [4.69, 9.17) is 4.74 Å². The van der Waals surface area contributed by atoms with Crippen molar-refractivity contribution in [2.75, 3.05) is 18.1 Å². The molecule has 2 aliphatic rings. The van der Waals surface area contributed by atoms with Crippen molar-refractivity contribution in [1.29, 1.82) is 0 Å². The summed E-state index contributed by atoms with van der Waals surface area (Å²) in [6.07, 6.45) is 2.45. The van der Waals surface area contributed by atoms with Gasteiger partial charge in [0.2, 0.25) is 5.91 Å². The first-order valence-corrected chi connectivity index (χ1v) is 8.82. The van der Waals surface area contributed by atoms with Crippen molar-refractivity contribution in [3.05, 3.63) is 72.6 Å². The van der Waals surface area contributed by atoms with Gasteiger partial charge in [0.05, 0.1) is 17.8 Å². The Morgan fingerprint density at radius 3 is 2.73 bits per heavy atom. The molecule has 2 bridgehead atoms. The third kappa shape index (κ3) is 2.88. The maximum atomic E-state index is 14.1. The lowest BCUT2D eigenvalue weighted by Crippen LogP contribution is -2.50. The number of likely N-dealkylation sites (tertiary alicyclic amines) is 1. The quantitative estimate of drug-likeness (QED) is 0.747. The minimum Gasteiger partial charge on any atom is -0.489 e. The molecule has 0 N–H and O–H groups in total. The van der Waals surface area contributed by atoms with Crippen LogP contribution in [0.25, 0.3) is 0 Å². The van der Waals surface area contributed by atoms with Gasteiger partial charge >= 0.3 is 0 Å². The molecular formula is C21H21FN2O2. The van der Waals surface area contributed by atoms with Crippen LogP contribution < -0.4 is 9.64 Å². The molecule has 0 saturated carbocycles. The highest BCUT2D eigenvalue weighted by Crippen LogP contribution is 2.38. The van der Waals surface area contributed by atoms with Crippen LogP contribution >= 0.6 is 0 Å². The van der Waals surface area contributed by atoms with Gasteiger partial charge in [-0.1, -0.05) is 43.0 Å². The molecule has 2 fully saturated rings. The summed E-state index contributed by atoms with van der Waals surface area (Å²) in [5, 5.41) is 0. The van der Waals surface area contributed by atoms with Crippen molar-refractivity contribution < 1.29 is 13.9 Å². The third-order valence-corrected chi connectivity index (χ3v) is 5.08. The fraction of sp³-hybridized carbons (Fsp3) is 0.286. The van der Waals surface area contributed by atoms with E-state index in [1.54, 1.807) is 29.2 Å². The lowest BCUT2D eigenvalue weighted by atomic mass is 10.1. The number of carbonyl (C=O) groups excluding carboxylic acids is 1. The van der Waals surface area contributed by atoms with Crippen molar-refractivity contribution in [3.63, 3.8) is 0 Å². The van der Waals surface area contributed by atoms with Crippen LogP contribution in [0.1, 0.15) is 12.0 Å². The van der Waals surface area contributed by atoms with E-state index in [2.05, 4.69) is 11.5 Å². The Kier molecular flexibility index (Phi) is 4.47. The first-order valence-electron chi connectivity index (χ1n) is 8.82. The number of carbonyl (C=O) groups is 1. The number of hydrogen-bond acceptors (Lipinski definition) is 3. The number of fused-ring (bicyclic) bond motifs is 2. The SMILES string of the molecule is C=CCOc1ccccc1CN1C[C@@H]2C[C@H]1C(=O)N2c1ccccc1F. The van der Waals surface area contributed by atoms with Crippen LogP contribution in [0.2, 0.25) is 0 Å². The van der Waals surface area contributed by atoms with E-state index in [1.807, 2.05) is 24.3 Å². The molecule has 0 unspecified atom stereocenters. The van der Waals surface area contributed by atoms with Crippen molar-refractivity contribution in [3.8, 4) is 5.75 Å². The number of piperazine rings is 1. The zero-order chi connectivity index (χ0) is 18.1. The average molecular weight is 352 g/mol. The Morgan fingerprint density at radius 1 is 1.19 bits per heavy atom. The molecule has 4 nitrogen and oxygen atoms in total. The van der Waals surface area contributed by atoms with Gasteiger partial charge in [0.15, 0.2) is 0 Å². The zero-order valence-electron chi connectivity index (χ0n) is 14.5. The van der Waals surface area contributed by atoms with E-state index in [1.165, 1.54) is 6.07 Å². The van der Waals surface area contributed by atoms with Gasteiger partial charge in [-0.25, -0.2) is 4.39 Å². The van der Waals surface area contributed by atoms with Gasteiger partial charge in [0.25, 0.3) is 0 Å². The number of nitrogens with zero attached hydrogens (tertiary/aromatic N) is 2. The van der Waals surface area contributed by atoms with Crippen LogP contribution in [-0.2, 0) is 11.3 Å². The maximum absolute atomic E-state index is 14.1. The highest BCUT2D eigenvalue weighted by Gasteiger charge is 2.50. The number of anilines is 1. The molecule has 2 saturated heterocycles. The van der Waals surface area contributed by atoms with E-state index >= 15 is 0 Å². The molecule has 2 atom stereocenters. The molecule has 0 aromatic heterocycles. The normalized spacial score (nSPS) is 22.0. The molecular weight excluding hydrogens is 331 g/mol. The first-order chi connectivity index (χ1) is 12.7. The molecule has 26 heavy (non-hydrogen) atoms. The summed E-state index contributed by atoms with van der Waals surface area (Å²) >= 11 is 0. The van der Waals surface area contributed by atoms with Gasteiger partial charge in [-0.3, -0.25) is 9.69 Å². The molecule has 2 aromatic rings. The fourth-order valence-corrected chi connectivity index (χ4v) is 3.94. The molecule has 2 heterocycles. The number of rotatable bonds is 6. The van der Waals surface area contributed by atoms with Crippen LogP contribution in [0.15, 0.2) is 61.2 Å². The lowest BCUT2D eigenvalue weighted by Gasteiger charge is -2.34. The molecule has 0 radical (unpaired) electrons. The first kappa shape index (κ1) is 16.8. The smallest absolute Gasteiger partial charge is 0.244 e. The van der Waals surface area contributed by atoms with E-state index in [0.29, 0.717) is 18.8 Å². The summed E-state index contributed by atoms with van der Waals surface area (Å²) in [5.41, 5.74) is 1.44. The molecule has 4 rings (SSSR count). The number of hydrogen-bond donors (Lipinski definition) is 0. The van der Waals surface area contributed by atoms with Crippen molar-refractivity contribution in [2.24, 2.45) is 0 Å². The fourth-order valence-electron chi connectivity index (χ4n) is 3.94. The summed E-state index contributed by atoms with van der Waals surface area (Å²) in [6.45, 7) is 5.51. The minimum atomic E-state index is -0.344. The molecule has 0 spiro atoms. The Labute approximate surface area is 152 Å². The van der Waals surface area contributed by atoms with Crippen molar-refractivity contribution in [2.45, 2.75) is 25.0 Å². The highest BCUT2D eigenvalue weighted by molar-refractivity contribution is 6.01. The molecule has 2 aromatic carbocycles. The monoisotopic (exact) mass is 352 g/mol. The summed E-state index contributed by atoms with van der Waals surface area (Å²) in [7, 11) is 0. The van der Waals surface area contributed by atoms with Gasteiger partial charge in [-0.05, 0) is 24.6 Å². The number of halogens is 1. The summed E-state index contributed by atoms with van der Waals surface area (Å²) < 4.78 is 19.8. The van der Waals surface area contributed by atoms with Gasteiger partial charge in [-0.2, -0.15) is 0 Å². The van der Waals surface area contributed by atoms with Gasteiger partial charge in [-0.15, -0.1) is 0 Å².